The van der Waals surface area contributed by atoms with Crippen LogP contribution in [0.3, 0.4) is 0 Å². The van der Waals surface area contributed by atoms with Crippen molar-refractivity contribution < 1.29 is 19.1 Å². The van der Waals surface area contributed by atoms with Gasteiger partial charge in [0.15, 0.2) is 0 Å². The largest absolute Gasteiger partial charge is 0.488 e. The topological polar surface area (TPSA) is 60.8 Å². The number of ether oxygens (including phenoxy) is 2. The lowest BCUT2D eigenvalue weighted by molar-refractivity contribution is -0.137. The van der Waals surface area contributed by atoms with Gasteiger partial charge in [-0.3, -0.25) is 4.79 Å². The van der Waals surface area contributed by atoms with Crippen LogP contribution >= 0.6 is 0 Å². The van der Waals surface area contributed by atoms with Crippen LogP contribution in [0.1, 0.15) is 23.6 Å². The molecule has 0 fully saturated rings. The fourth-order valence-electron chi connectivity index (χ4n) is 4.14. The molecule has 0 aliphatic carbocycles. The molecule has 6 nitrogen and oxygen atoms in total. The van der Waals surface area contributed by atoms with E-state index in [1.54, 1.807) is 17.9 Å². The van der Waals surface area contributed by atoms with Crippen molar-refractivity contribution in [3.05, 3.63) is 108 Å². The molecule has 0 saturated heterocycles. The van der Waals surface area contributed by atoms with Crippen LogP contribution in [0.25, 0.3) is 17.0 Å². The second-order valence-corrected chi connectivity index (χ2v) is 8.77. The molecular formula is C31H32N2O4. The van der Waals surface area contributed by atoms with E-state index in [1.165, 1.54) is 11.6 Å². The summed E-state index contributed by atoms with van der Waals surface area (Å²) in [6.07, 6.45) is 5.80. The molecule has 0 saturated carbocycles. The Hall–Kier alpha value is -4.32. The van der Waals surface area contributed by atoms with Crippen LogP contribution in [0.15, 0.2) is 91.1 Å². The van der Waals surface area contributed by atoms with Crippen LogP contribution in [0, 0.1) is 0 Å². The van der Waals surface area contributed by atoms with Gasteiger partial charge in [-0.25, -0.2) is 4.79 Å². The fraction of sp³-hybridized carbons (Fsp3) is 0.226. The highest BCUT2D eigenvalue weighted by Crippen LogP contribution is 2.32. The van der Waals surface area contributed by atoms with Gasteiger partial charge in [0.2, 0.25) is 5.91 Å². The Bertz CT molecular complexity index is 1360. The first-order valence-electron chi connectivity index (χ1n) is 12.5. The first-order chi connectivity index (χ1) is 18.0. The summed E-state index contributed by atoms with van der Waals surface area (Å²) in [6.45, 7) is 3.29. The van der Waals surface area contributed by atoms with Gasteiger partial charge >= 0.3 is 5.97 Å². The first-order valence-corrected chi connectivity index (χ1v) is 12.5. The highest BCUT2D eigenvalue weighted by Gasteiger charge is 2.16. The Kier molecular flexibility index (Phi) is 8.76. The highest BCUT2D eigenvalue weighted by atomic mass is 16.5. The Morgan fingerprint density at radius 3 is 2.32 bits per heavy atom. The van der Waals surface area contributed by atoms with Crippen LogP contribution in [-0.4, -0.2) is 41.5 Å². The number of carbonyl (C=O) groups excluding carboxylic acids is 2. The minimum Gasteiger partial charge on any atom is -0.488 e. The van der Waals surface area contributed by atoms with E-state index in [9.17, 15) is 9.59 Å². The van der Waals surface area contributed by atoms with Crippen molar-refractivity contribution in [2.24, 2.45) is 0 Å². The number of esters is 1. The molecule has 0 radical (unpaired) electrons. The smallest absolute Gasteiger partial charge is 0.330 e. The molecular weight excluding hydrogens is 464 g/mol. The summed E-state index contributed by atoms with van der Waals surface area (Å²) in [5.74, 6) is 0.278. The molecule has 0 bridgehead atoms. The summed E-state index contributed by atoms with van der Waals surface area (Å²) >= 11 is 0. The molecule has 0 aliphatic rings. The molecule has 0 unspecified atom stereocenters. The molecule has 4 rings (SSSR count). The van der Waals surface area contributed by atoms with Crippen molar-refractivity contribution in [2.45, 2.75) is 26.5 Å². The minimum absolute atomic E-state index is 0.00404. The number of amides is 1. The van der Waals surface area contributed by atoms with E-state index in [0.717, 1.165) is 28.5 Å². The molecule has 4 aromatic rings. The molecule has 0 N–H and O–H groups in total. The minimum atomic E-state index is -0.414. The number of benzene rings is 3. The molecule has 0 aliphatic heterocycles. The molecule has 37 heavy (non-hydrogen) atoms. The lowest BCUT2D eigenvalue weighted by atomic mass is 10.1. The molecule has 1 amide bonds. The summed E-state index contributed by atoms with van der Waals surface area (Å²) in [4.78, 5) is 26.9. The first kappa shape index (κ1) is 25.8. The standard InChI is InChI=1S/C31H32N2O4/c1-3-36-30(35)18-17-26-21-33(22-29(34)32(2)20-19-24-11-6-4-7-12-24)27-15-10-16-28(31(26)27)37-23-25-13-8-5-9-14-25/h4-18,21H,3,19-20,22-23H2,1-2H3. The molecule has 6 heteroatoms. The Labute approximate surface area is 217 Å². The third kappa shape index (κ3) is 6.88. The summed E-state index contributed by atoms with van der Waals surface area (Å²) in [7, 11) is 1.83. The molecule has 190 valence electrons. The van der Waals surface area contributed by atoms with Crippen LogP contribution in [0.2, 0.25) is 0 Å². The predicted molar refractivity (Wildman–Crippen MR) is 146 cm³/mol. The normalized spacial score (nSPS) is 11.1. The molecule has 3 aromatic carbocycles. The maximum absolute atomic E-state index is 13.1. The zero-order valence-corrected chi connectivity index (χ0v) is 21.3. The lowest BCUT2D eigenvalue weighted by Crippen LogP contribution is -2.31. The number of hydrogen-bond donors (Lipinski definition) is 0. The number of nitrogens with zero attached hydrogens (tertiary/aromatic N) is 2. The van der Waals surface area contributed by atoms with E-state index in [4.69, 9.17) is 9.47 Å². The van der Waals surface area contributed by atoms with Crippen molar-refractivity contribution >= 4 is 28.9 Å². The number of rotatable bonds is 11. The van der Waals surface area contributed by atoms with Crippen molar-refractivity contribution in [1.29, 1.82) is 0 Å². The van der Waals surface area contributed by atoms with Gasteiger partial charge in [-0.2, -0.15) is 0 Å². The van der Waals surface area contributed by atoms with E-state index >= 15 is 0 Å². The van der Waals surface area contributed by atoms with Gasteiger partial charge in [-0.05, 0) is 42.7 Å². The van der Waals surface area contributed by atoms with Crippen molar-refractivity contribution in [2.75, 3.05) is 20.2 Å². The maximum Gasteiger partial charge on any atom is 0.330 e. The number of fused-ring (bicyclic) bond motifs is 1. The average molecular weight is 497 g/mol. The van der Waals surface area contributed by atoms with Gasteiger partial charge < -0.3 is 18.9 Å². The Morgan fingerprint density at radius 1 is 0.919 bits per heavy atom. The summed E-state index contributed by atoms with van der Waals surface area (Å²) < 4.78 is 13.2. The third-order valence-electron chi connectivity index (χ3n) is 6.13. The second kappa shape index (κ2) is 12.6. The van der Waals surface area contributed by atoms with Crippen molar-refractivity contribution in [1.82, 2.24) is 9.47 Å². The highest BCUT2D eigenvalue weighted by molar-refractivity contribution is 5.98. The molecule has 0 spiro atoms. The lowest BCUT2D eigenvalue weighted by Gasteiger charge is -2.18. The number of likely N-dealkylation sites (N-methyl/N-ethyl adjacent to an activating group) is 1. The van der Waals surface area contributed by atoms with Crippen LogP contribution in [0.4, 0.5) is 0 Å². The van der Waals surface area contributed by atoms with Crippen molar-refractivity contribution in [3.63, 3.8) is 0 Å². The SMILES string of the molecule is CCOC(=O)C=Cc1cn(CC(=O)N(C)CCc2ccccc2)c2cccc(OCc3ccccc3)c12. The van der Waals surface area contributed by atoms with Gasteiger partial charge in [-0.15, -0.1) is 0 Å². The predicted octanol–water partition coefficient (Wildman–Crippen LogP) is 5.50. The zero-order chi connectivity index (χ0) is 26.0. The Balaban J connectivity index is 1.58. The third-order valence-corrected chi connectivity index (χ3v) is 6.13. The van der Waals surface area contributed by atoms with Gasteiger partial charge in [0, 0.05) is 36.8 Å². The van der Waals surface area contributed by atoms with E-state index in [2.05, 4.69) is 12.1 Å². The van der Waals surface area contributed by atoms with Gasteiger partial charge in [0.1, 0.15) is 18.9 Å². The monoisotopic (exact) mass is 496 g/mol. The van der Waals surface area contributed by atoms with Crippen LogP contribution in [0.5, 0.6) is 5.75 Å². The van der Waals surface area contributed by atoms with E-state index in [0.29, 0.717) is 25.5 Å². The van der Waals surface area contributed by atoms with Crippen LogP contribution in [-0.2, 0) is 33.9 Å². The van der Waals surface area contributed by atoms with E-state index < -0.39 is 5.97 Å². The summed E-state index contributed by atoms with van der Waals surface area (Å²) in [5, 5.41) is 0.846. The fourth-order valence-corrected chi connectivity index (χ4v) is 4.14. The number of aromatic nitrogens is 1. The van der Waals surface area contributed by atoms with Gasteiger partial charge in [-0.1, -0.05) is 66.7 Å². The maximum atomic E-state index is 13.1. The quantitative estimate of drug-likeness (QED) is 0.203. The number of hydrogen-bond acceptors (Lipinski definition) is 4. The summed E-state index contributed by atoms with van der Waals surface area (Å²) in [5.41, 5.74) is 3.89. The zero-order valence-electron chi connectivity index (χ0n) is 21.3. The summed E-state index contributed by atoms with van der Waals surface area (Å²) in [6, 6.07) is 25.9. The molecule has 0 atom stereocenters. The van der Waals surface area contributed by atoms with Gasteiger partial charge in [0.05, 0.1) is 12.1 Å². The van der Waals surface area contributed by atoms with Gasteiger partial charge in [0.25, 0.3) is 0 Å². The molecule has 1 heterocycles. The van der Waals surface area contributed by atoms with Crippen LogP contribution < -0.4 is 4.74 Å². The average Bonchev–Trinajstić information content (AvgIpc) is 3.28. The van der Waals surface area contributed by atoms with E-state index in [-0.39, 0.29) is 12.5 Å². The van der Waals surface area contributed by atoms with E-state index in [1.807, 2.05) is 84.5 Å². The second-order valence-electron chi connectivity index (χ2n) is 8.77. The molecule has 1 aromatic heterocycles. The Morgan fingerprint density at radius 2 is 1.62 bits per heavy atom. The number of carbonyl (C=O) groups is 2. The van der Waals surface area contributed by atoms with Crippen molar-refractivity contribution in [3.8, 4) is 5.75 Å².